The second kappa shape index (κ2) is 9.44. The molecule has 1 saturated carbocycles. The second-order valence-electron chi connectivity index (χ2n) is 7.15. The first-order valence-corrected chi connectivity index (χ1v) is 10.4. The highest BCUT2D eigenvalue weighted by molar-refractivity contribution is 6.42. The van der Waals surface area contributed by atoms with Crippen molar-refractivity contribution < 1.29 is 9.59 Å². The molecule has 0 bridgehead atoms. The smallest absolute Gasteiger partial charge is 0.255 e. The van der Waals surface area contributed by atoms with E-state index in [1.54, 1.807) is 18.2 Å². The van der Waals surface area contributed by atoms with Crippen LogP contribution in [0.1, 0.15) is 54.4 Å². The van der Waals surface area contributed by atoms with Gasteiger partial charge in [0.2, 0.25) is 5.91 Å². The zero-order chi connectivity index (χ0) is 20.1. The van der Waals surface area contributed by atoms with Crippen LogP contribution in [0.3, 0.4) is 0 Å². The van der Waals surface area contributed by atoms with Gasteiger partial charge in [0.25, 0.3) is 5.91 Å². The average molecular weight is 419 g/mol. The zero-order valence-electron chi connectivity index (χ0n) is 15.8. The van der Waals surface area contributed by atoms with Gasteiger partial charge in [0.1, 0.15) is 0 Å². The molecule has 1 aliphatic rings. The van der Waals surface area contributed by atoms with E-state index in [9.17, 15) is 9.59 Å². The number of nitrogens with one attached hydrogen (secondary N) is 2. The van der Waals surface area contributed by atoms with Crippen molar-refractivity contribution in [2.45, 2.75) is 38.5 Å². The third-order valence-corrected chi connectivity index (χ3v) is 6.01. The fourth-order valence-electron chi connectivity index (χ4n) is 3.69. The molecule has 0 unspecified atom stereocenters. The molecular formula is C22H24Cl2N2O2. The molecule has 0 aromatic heterocycles. The summed E-state index contributed by atoms with van der Waals surface area (Å²) < 4.78 is 0. The van der Waals surface area contributed by atoms with Crippen LogP contribution in [0, 0.1) is 5.92 Å². The number of carbonyl (C=O) groups excluding carboxylic acids is 2. The number of halogens is 2. The maximum Gasteiger partial charge on any atom is 0.255 e. The van der Waals surface area contributed by atoms with Crippen molar-refractivity contribution in [3.63, 3.8) is 0 Å². The topological polar surface area (TPSA) is 58.2 Å². The number of hydrogen-bond donors (Lipinski definition) is 2. The third-order valence-electron chi connectivity index (χ3n) is 5.27. The first-order valence-electron chi connectivity index (χ1n) is 9.62. The van der Waals surface area contributed by atoms with Crippen LogP contribution in [0.5, 0.6) is 0 Å². The first kappa shape index (κ1) is 20.7. The molecule has 2 N–H and O–H groups in total. The van der Waals surface area contributed by atoms with E-state index in [2.05, 4.69) is 22.8 Å². The van der Waals surface area contributed by atoms with Crippen molar-refractivity contribution in [1.29, 1.82) is 0 Å². The van der Waals surface area contributed by atoms with Crippen molar-refractivity contribution in [1.82, 2.24) is 5.32 Å². The average Bonchev–Trinajstić information content (AvgIpc) is 2.71. The quantitative estimate of drug-likeness (QED) is 0.658. The molecule has 0 heterocycles. The minimum Gasteiger partial charge on any atom is -0.356 e. The molecule has 4 nitrogen and oxygen atoms in total. The van der Waals surface area contributed by atoms with Crippen molar-refractivity contribution >= 4 is 40.7 Å². The highest BCUT2D eigenvalue weighted by Crippen LogP contribution is 2.36. The van der Waals surface area contributed by atoms with Gasteiger partial charge in [0.05, 0.1) is 10.0 Å². The number of amides is 2. The van der Waals surface area contributed by atoms with Crippen molar-refractivity contribution in [3.05, 3.63) is 63.6 Å². The normalized spacial score (nSPS) is 19.1. The highest BCUT2D eigenvalue weighted by atomic mass is 35.5. The van der Waals surface area contributed by atoms with E-state index in [1.165, 1.54) is 5.56 Å². The summed E-state index contributed by atoms with van der Waals surface area (Å²) in [6.07, 6.45) is 3.87. The lowest BCUT2D eigenvalue weighted by molar-refractivity contribution is -0.125. The molecule has 2 aromatic rings. The number of carbonyl (C=O) groups is 2. The lowest BCUT2D eigenvalue weighted by Crippen LogP contribution is -2.32. The standard InChI is InChI=1S/C22H24Cl2N2O2/c1-2-25-21(27)16-5-3-14(4-6-16)15-7-10-18(11-8-15)26-22(28)17-9-12-19(23)20(24)13-17/h7-14,16H,2-6H2,1H3,(H,25,27)(H,26,28)/t14-,16+. The molecular weight excluding hydrogens is 395 g/mol. The zero-order valence-corrected chi connectivity index (χ0v) is 17.3. The van der Waals surface area contributed by atoms with Crippen LogP contribution < -0.4 is 10.6 Å². The molecule has 0 radical (unpaired) electrons. The van der Waals surface area contributed by atoms with Crippen LogP contribution in [0.4, 0.5) is 5.69 Å². The monoisotopic (exact) mass is 418 g/mol. The van der Waals surface area contributed by atoms with Crippen LogP contribution >= 0.6 is 23.2 Å². The maximum absolute atomic E-state index is 12.4. The van der Waals surface area contributed by atoms with Gasteiger partial charge in [0.15, 0.2) is 0 Å². The van der Waals surface area contributed by atoms with Gasteiger partial charge in [-0.25, -0.2) is 0 Å². The van der Waals surface area contributed by atoms with Gasteiger partial charge in [-0.3, -0.25) is 9.59 Å². The molecule has 0 spiro atoms. The lowest BCUT2D eigenvalue weighted by Gasteiger charge is -2.28. The van der Waals surface area contributed by atoms with Gasteiger partial charge in [-0.2, -0.15) is 0 Å². The van der Waals surface area contributed by atoms with Gasteiger partial charge in [0, 0.05) is 23.7 Å². The van der Waals surface area contributed by atoms with Gasteiger partial charge in [-0.1, -0.05) is 35.3 Å². The summed E-state index contributed by atoms with van der Waals surface area (Å²) in [5.74, 6) is 0.557. The minimum absolute atomic E-state index is 0.140. The minimum atomic E-state index is -0.228. The summed E-state index contributed by atoms with van der Waals surface area (Å²) in [5, 5.41) is 6.57. The third kappa shape index (κ3) is 5.06. The maximum atomic E-state index is 12.4. The lowest BCUT2D eigenvalue weighted by atomic mass is 9.78. The molecule has 3 rings (SSSR count). The van der Waals surface area contributed by atoms with E-state index in [0.717, 1.165) is 31.4 Å². The van der Waals surface area contributed by atoms with Gasteiger partial charge in [-0.15, -0.1) is 0 Å². The summed E-state index contributed by atoms with van der Waals surface area (Å²) in [5.41, 5.74) is 2.44. The molecule has 2 amide bonds. The molecule has 2 aromatic carbocycles. The predicted molar refractivity (Wildman–Crippen MR) is 114 cm³/mol. The van der Waals surface area contributed by atoms with Gasteiger partial charge >= 0.3 is 0 Å². The van der Waals surface area contributed by atoms with E-state index in [1.807, 2.05) is 19.1 Å². The van der Waals surface area contributed by atoms with E-state index in [-0.39, 0.29) is 17.7 Å². The van der Waals surface area contributed by atoms with E-state index < -0.39 is 0 Å². The Labute approximate surface area is 175 Å². The van der Waals surface area contributed by atoms with Crippen LogP contribution in [0.2, 0.25) is 10.0 Å². The summed E-state index contributed by atoms with van der Waals surface area (Å²) in [6.45, 7) is 2.64. The van der Waals surface area contributed by atoms with Crippen molar-refractivity contribution in [2.24, 2.45) is 5.92 Å². The van der Waals surface area contributed by atoms with Gasteiger partial charge < -0.3 is 10.6 Å². The predicted octanol–water partition coefficient (Wildman–Crippen LogP) is 5.66. The Morgan fingerprint density at radius 3 is 2.25 bits per heavy atom. The number of hydrogen-bond acceptors (Lipinski definition) is 2. The van der Waals surface area contributed by atoms with E-state index >= 15 is 0 Å². The second-order valence-corrected chi connectivity index (χ2v) is 7.96. The Morgan fingerprint density at radius 2 is 1.64 bits per heavy atom. The van der Waals surface area contributed by atoms with Gasteiger partial charge in [-0.05, 0) is 74.4 Å². The fourth-order valence-corrected chi connectivity index (χ4v) is 3.98. The van der Waals surface area contributed by atoms with E-state index in [4.69, 9.17) is 23.2 Å². The van der Waals surface area contributed by atoms with Crippen molar-refractivity contribution in [2.75, 3.05) is 11.9 Å². The Balaban J connectivity index is 1.57. The Hall–Kier alpha value is -2.04. The molecule has 1 fully saturated rings. The summed E-state index contributed by atoms with van der Waals surface area (Å²) in [6, 6.07) is 12.8. The molecule has 6 heteroatoms. The molecule has 148 valence electrons. The molecule has 0 atom stereocenters. The summed E-state index contributed by atoms with van der Waals surface area (Å²) >= 11 is 11.9. The Bertz CT molecular complexity index is 844. The van der Waals surface area contributed by atoms with E-state index in [0.29, 0.717) is 28.1 Å². The highest BCUT2D eigenvalue weighted by Gasteiger charge is 2.26. The number of rotatable bonds is 5. The molecule has 0 aliphatic heterocycles. The van der Waals surface area contributed by atoms with Crippen LogP contribution in [0.25, 0.3) is 0 Å². The molecule has 1 aliphatic carbocycles. The van der Waals surface area contributed by atoms with Crippen LogP contribution in [0.15, 0.2) is 42.5 Å². The van der Waals surface area contributed by atoms with Crippen molar-refractivity contribution in [3.8, 4) is 0 Å². The first-order chi connectivity index (χ1) is 13.5. The SMILES string of the molecule is CCNC(=O)[C@H]1CC[C@@H](c2ccc(NC(=O)c3ccc(Cl)c(Cl)c3)cc2)CC1. The largest absolute Gasteiger partial charge is 0.356 e. The summed E-state index contributed by atoms with van der Waals surface area (Å²) in [7, 11) is 0. The Kier molecular flexibility index (Phi) is 6.97. The molecule has 28 heavy (non-hydrogen) atoms. The fraction of sp³-hybridized carbons (Fsp3) is 0.364. The van der Waals surface area contributed by atoms with Crippen LogP contribution in [-0.4, -0.2) is 18.4 Å². The molecule has 0 saturated heterocycles. The Morgan fingerprint density at radius 1 is 0.964 bits per heavy atom. The number of anilines is 1. The number of benzene rings is 2. The van der Waals surface area contributed by atoms with Crippen LogP contribution in [-0.2, 0) is 4.79 Å². The summed E-state index contributed by atoms with van der Waals surface area (Å²) in [4.78, 5) is 24.3.